The molecule has 0 atom stereocenters. The van der Waals surface area contributed by atoms with E-state index in [1.807, 2.05) is 54.6 Å². The van der Waals surface area contributed by atoms with Gasteiger partial charge in [-0.05, 0) is 24.3 Å². The van der Waals surface area contributed by atoms with Gasteiger partial charge < -0.3 is 10.5 Å². The molecule has 0 aromatic heterocycles. The van der Waals surface area contributed by atoms with Crippen LogP contribution in [0.25, 0.3) is 10.8 Å². The van der Waals surface area contributed by atoms with Crippen molar-refractivity contribution in [3.63, 3.8) is 0 Å². The van der Waals surface area contributed by atoms with Crippen molar-refractivity contribution in [2.24, 2.45) is 0 Å². The third-order valence-corrected chi connectivity index (χ3v) is 4.14. The van der Waals surface area contributed by atoms with Crippen LogP contribution < -0.4 is 10.5 Å². The van der Waals surface area contributed by atoms with Crippen molar-refractivity contribution in [3.8, 4) is 5.75 Å². The standard InChI is InChI=1S/C17H13BrClNO/c18-12-6-5-11(16(20)9-12)10-21-17-8-7-15(19)13-3-1-2-4-14(13)17/h1-9H,10,20H2. The van der Waals surface area contributed by atoms with Gasteiger partial charge in [0, 0.05) is 31.5 Å². The quantitative estimate of drug-likeness (QED) is 0.632. The first-order chi connectivity index (χ1) is 10.1. The van der Waals surface area contributed by atoms with E-state index < -0.39 is 0 Å². The molecule has 0 aliphatic rings. The molecule has 2 N–H and O–H groups in total. The first kappa shape index (κ1) is 14.2. The lowest BCUT2D eigenvalue weighted by molar-refractivity contribution is 0.311. The van der Waals surface area contributed by atoms with Gasteiger partial charge in [-0.25, -0.2) is 0 Å². The molecule has 0 spiro atoms. The number of hydrogen-bond acceptors (Lipinski definition) is 2. The molecule has 3 aromatic carbocycles. The second-order valence-electron chi connectivity index (χ2n) is 4.72. The Bertz CT molecular complexity index is 804. The van der Waals surface area contributed by atoms with Gasteiger partial charge in [-0.15, -0.1) is 0 Å². The number of halogens is 2. The number of fused-ring (bicyclic) bond motifs is 1. The summed E-state index contributed by atoms with van der Waals surface area (Å²) in [6.07, 6.45) is 0. The van der Waals surface area contributed by atoms with E-state index in [4.69, 9.17) is 22.1 Å². The van der Waals surface area contributed by atoms with E-state index in [0.29, 0.717) is 12.3 Å². The molecule has 0 heterocycles. The maximum atomic E-state index is 6.21. The van der Waals surface area contributed by atoms with Crippen LogP contribution >= 0.6 is 27.5 Å². The van der Waals surface area contributed by atoms with Crippen molar-refractivity contribution in [2.45, 2.75) is 6.61 Å². The number of benzene rings is 3. The smallest absolute Gasteiger partial charge is 0.127 e. The Hall–Kier alpha value is -1.71. The van der Waals surface area contributed by atoms with Crippen LogP contribution in [-0.2, 0) is 6.61 Å². The Morgan fingerprint density at radius 1 is 1.00 bits per heavy atom. The molecule has 4 heteroatoms. The molecule has 106 valence electrons. The molecular weight excluding hydrogens is 350 g/mol. The van der Waals surface area contributed by atoms with E-state index >= 15 is 0 Å². The van der Waals surface area contributed by atoms with Gasteiger partial charge in [-0.1, -0.05) is 57.9 Å². The summed E-state index contributed by atoms with van der Waals surface area (Å²) in [5, 5.41) is 2.71. The molecule has 0 aliphatic carbocycles. The SMILES string of the molecule is Nc1cc(Br)ccc1COc1ccc(Cl)c2ccccc12. The highest BCUT2D eigenvalue weighted by Gasteiger charge is 2.07. The third kappa shape index (κ3) is 2.99. The zero-order valence-corrected chi connectivity index (χ0v) is 13.5. The molecule has 0 radical (unpaired) electrons. The van der Waals surface area contributed by atoms with Crippen LogP contribution in [0.2, 0.25) is 5.02 Å². The summed E-state index contributed by atoms with van der Waals surface area (Å²) >= 11 is 9.61. The van der Waals surface area contributed by atoms with Crippen molar-refractivity contribution in [2.75, 3.05) is 5.73 Å². The van der Waals surface area contributed by atoms with E-state index in [2.05, 4.69) is 15.9 Å². The van der Waals surface area contributed by atoms with Crippen molar-refractivity contribution >= 4 is 44.0 Å². The van der Waals surface area contributed by atoms with Crippen molar-refractivity contribution in [1.29, 1.82) is 0 Å². The third-order valence-electron chi connectivity index (χ3n) is 3.32. The lowest BCUT2D eigenvalue weighted by Crippen LogP contribution is -2.00. The lowest BCUT2D eigenvalue weighted by atomic mass is 10.1. The van der Waals surface area contributed by atoms with Crippen molar-refractivity contribution in [1.82, 2.24) is 0 Å². The minimum absolute atomic E-state index is 0.421. The lowest BCUT2D eigenvalue weighted by Gasteiger charge is -2.12. The van der Waals surface area contributed by atoms with Crippen LogP contribution in [-0.4, -0.2) is 0 Å². The second kappa shape index (κ2) is 5.96. The molecule has 21 heavy (non-hydrogen) atoms. The Balaban J connectivity index is 1.90. The summed E-state index contributed by atoms with van der Waals surface area (Å²) in [5.41, 5.74) is 7.66. The predicted octanol–water partition coefficient (Wildman–Crippen LogP) is 5.42. The number of anilines is 1. The van der Waals surface area contributed by atoms with Gasteiger partial charge in [0.05, 0.1) is 0 Å². The van der Waals surface area contributed by atoms with E-state index in [1.54, 1.807) is 0 Å². The van der Waals surface area contributed by atoms with E-state index in [9.17, 15) is 0 Å². The fraction of sp³-hybridized carbons (Fsp3) is 0.0588. The number of nitrogen functional groups attached to an aromatic ring is 1. The minimum atomic E-state index is 0.421. The molecule has 0 saturated carbocycles. The molecule has 3 aromatic rings. The average Bonchev–Trinajstić information content (AvgIpc) is 2.48. The van der Waals surface area contributed by atoms with Gasteiger partial charge in [0.15, 0.2) is 0 Å². The Morgan fingerprint density at radius 3 is 2.52 bits per heavy atom. The number of rotatable bonds is 3. The molecule has 0 aliphatic heterocycles. The highest BCUT2D eigenvalue weighted by atomic mass is 79.9. The average molecular weight is 363 g/mol. The summed E-state index contributed by atoms with van der Waals surface area (Å²) in [4.78, 5) is 0. The van der Waals surface area contributed by atoms with Crippen LogP contribution in [0.5, 0.6) is 5.75 Å². The Labute approximate surface area is 136 Å². The van der Waals surface area contributed by atoms with E-state index in [-0.39, 0.29) is 0 Å². The van der Waals surface area contributed by atoms with Gasteiger partial charge in [0.25, 0.3) is 0 Å². The minimum Gasteiger partial charge on any atom is -0.488 e. The summed E-state index contributed by atoms with van der Waals surface area (Å²) in [5.74, 6) is 0.803. The summed E-state index contributed by atoms with van der Waals surface area (Å²) in [6.45, 7) is 0.421. The second-order valence-corrected chi connectivity index (χ2v) is 6.05. The molecule has 3 rings (SSSR count). The van der Waals surface area contributed by atoms with E-state index in [1.165, 1.54) is 0 Å². The molecule has 0 amide bonds. The first-order valence-corrected chi connectivity index (χ1v) is 7.66. The van der Waals surface area contributed by atoms with Crippen LogP contribution in [0.4, 0.5) is 5.69 Å². The van der Waals surface area contributed by atoms with Gasteiger partial charge in [0.1, 0.15) is 12.4 Å². The van der Waals surface area contributed by atoms with Crippen LogP contribution in [0, 0.1) is 0 Å². The largest absolute Gasteiger partial charge is 0.488 e. The van der Waals surface area contributed by atoms with Crippen LogP contribution in [0.15, 0.2) is 59.1 Å². The maximum Gasteiger partial charge on any atom is 0.127 e. The summed E-state index contributed by atoms with van der Waals surface area (Å²) in [6, 6.07) is 17.4. The molecule has 2 nitrogen and oxygen atoms in total. The zero-order chi connectivity index (χ0) is 14.8. The summed E-state index contributed by atoms with van der Waals surface area (Å²) < 4.78 is 6.89. The molecule has 0 bridgehead atoms. The molecule has 0 unspecified atom stereocenters. The van der Waals surface area contributed by atoms with Crippen LogP contribution in [0.1, 0.15) is 5.56 Å². The highest BCUT2D eigenvalue weighted by molar-refractivity contribution is 9.10. The normalized spacial score (nSPS) is 10.8. The van der Waals surface area contributed by atoms with Gasteiger partial charge >= 0.3 is 0 Å². The van der Waals surface area contributed by atoms with Crippen LogP contribution in [0.3, 0.4) is 0 Å². The number of hydrogen-bond donors (Lipinski definition) is 1. The van der Waals surface area contributed by atoms with Gasteiger partial charge in [-0.2, -0.15) is 0 Å². The predicted molar refractivity (Wildman–Crippen MR) is 91.8 cm³/mol. The van der Waals surface area contributed by atoms with Gasteiger partial charge in [-0.3, -0.25) is 0 Å². The highest BCUT2D eigenvalue weighted by Crippen LogP contribution is 2.32. The first-order valence-electron chi connectivity index (χ1n) is 6.49. The Kier molecular flexibility index (Phi) is 4.04. The topological polar surface area (TPSA) is 35.2 Å². The van der Waals surface area contributed by atoms with E-state index in [0.717, 1.165) is 31.6 Å². The number of ether oxygens (including phenoxy) is 1. The fourth-order valence-corrected chi connectivity index (χ4v) is 2.82. The molecule has 0 saturated heterocycles. The zero-order valence-electron chi connectivity index (χ0n) is 11.1. The molecule has 0 fully saturated rings. The number of nitrogens with two attached hydrogens (primary N) is 1. The molecular formula is C17H13BrClNO. The van der Waals surface area contributed by atoms with Crippen molar-refractivity contribution < 1.29 is 4.74 Å². The Morgan fingerprint density at radius 2 is 1.76 bits per heavy atom. The monoisotopic (exact) mass is 361 g/mol. The maximum absolute atomic E-state index is 6.21. The summed E-state index contributed by atoms with van der Waals surface area (Å²) in [7, 11) is 0. The fourth-order valence-electron chi connectivity index (χ4n) is 2.21. The van der Waals surface area contributed by atoms with Gasteiger partial charge in [0.2, 0.25) is 0 Å². The van der Waals surface area contributed by atoms with Crippen molar-refractivity contribution in [3.05, 3.63) is 69.7 Å².